The Hall–Kier alpha value is -0.850. The summed E-state index contributed by atoms with van der Waals surface area (Å²) in [7, 11) is 0. The number of carbonyl (C=O) groups excluding carboxylic acids is 1. The van der Waals surface area contributed by atoms with E-state index in [1.807, 2.05) is 16.5 Å². The van der Waals surface area contributed by atoms with Gasteiger partial charge in [-0.1, -0.05) is 13.3 Å². The molecular formula is C13H23ClN4OS. The van der Waals surface area contributed by atoms with Gasteiger partial charge in [0.05, 0.1) is 6.04 Å². The van der Waals surface area contributed by atoms with Crippen molar-refractivity contribution in [3.8, 4) is 0 Å². The lowest BCUT2D eigenvalue weighted by atomic mass is 10.1. The maximum absolute atomic E-state index is 12.2. The van der Waals surface area contributed by atoms with Gasteiger partial charge in [0, 0.05) is 37.8 Å². The van der Waals surface area contributed by atoms with E-state index in [1.54, 1.807) is 11.3 Å². The number of rotatable bonds is 4. The van der Waals surface area contributed by atoms with Crippen molar-refractivity contribution in [2.24, 2.45) is 5.73 Å². The summed E-state index contributed by atoms with van der Waals surface area (Å²) in [6.45, 7) is 5.41. The van der Waals surface area contributed by atoms with Crippen LogP contribution in [-0.4, -0.2) is 48.0 Å². The summed E-state index contributed by atoms with van der Waals surface area (Å²) in [5, 5.41) is 3.03. The van der Waals surface area contributed by atoms with Gasteiger partial charge < -0.3 is 15.5 Å². The molecule has 0 aliphatic carbocycles. The number of nitrogens with zero attached hydrogens (tertiary/aromatic N) is 3. The fraction of sp³-hybridized carbons (Fsp3) is 0.692. The van der Waals surface area contributed by atoms with E-state index in [0.29, 0.717) is 0 Å². The average molecular weight is 319 g/mol. The molecule has 1 atom stereocenters. The quantitative estimate of drug-likeness (QED) is 0.918. The average Bonchev–Trinajstić information content (AvgIpc) is 2.83. The minimum Gasteiger partial charge on any atom is -0.346 e. The van der Waals surface area contributed by atoms with Crippen LogP contribution in [0.3, 0.4) is 0 Å². The normalized spacial score (nSPS) is 17.3. The molecule has 7 heteroatoms. The fourth-order valence-electron chi connectivity index (χ4n) is 2.37. The first-order valence-corrected chi connectivity index (χ1v) is 7.79. The smallest absolute Gasteiger partial charge is 0.239 e. The lowest BCUT2D eigenvalue weighted by molar-refractivity contribution is -0.132. The first kappa shape index (κ1) is 17.2. The Bertz CT molecular complexity index is 401. The summed E-state index contributed by atoms with van der Waals surface area (Å²) in [5.74, 6) is 0.0999. The lowest BCUT2D eigenvalue weighted by Gasteiger charge is -2.24. The second-order valence-corrected chi connectivity index (χ2v) is 5.75. The molecule has 1 aromatic heterocycles. The highest BCUT2D eigenvalue weighted by Crippen LogP contribution is 2.19. The predicted octanol–water partition coefficient (Wildman–Crippen LogP) is 1.73. The number of carbonyl (C=O) groups is 1. The van der Waals surface area contributed by atoms with Gasteiger partial charge in [0.1, 0.15) is 0 Å². The predicted molar refractivity (Wildman–Crippen MR) is 85.7 cm³/mol. The molecular weight excluding hydrogens is 296 g/mol. The summed E-state index contributed by atoms with van der Waals surface area (Å²) in [6, 6.07) is -0.337. The minimum absolute atomic E-state index is 0. The maximum Gasteiger partial charge on any atom is 0.239 e. The van der Waals surface area contributed by atoms with Crippen LogP contribution in [0.5, 0.6) is 0 Å². The van der Waals surface area contributed by atoms with Gasteiger partial charge in [-0.2, -0.15) is 0 Å². The molecule has 0 radical (unpaired) electrons. The molecule has 0 spiro atoms. The Balaban J connectivity index is 0.00000200. The summed E-state index contributed by atoms with van der Waals surface area (Å²) in [4.78, 5) is 20.7. The van der Waals surface area contributed by atoms with Crippen LogP contribution in [0.1, 0.15) is 26.2 Å². The molecule has 1 fully saturated rings. The molecule has 2 rings (SSSR count). The third-order valence-electron chi connectivity index (χ3n) is 3.41. The number of hydrogen-bond acceptors (Lipinski definition) is 5. The fourth-order valence-corrected chi connectivity index (χ4v) is 3.07. The highest BCUT2D eigenvalue weighted by Gasteiger charge is 2.23. The van der Waals surface area contributed by atoms with Gasteiger partial charge in [-0.25, -0.2) is 4.98 Å². The van der Waals surface area contributed by atoms with Crippen molar-refractivity contribution < 1.29 is 4.79 Å². The van der Waals surface area contributed by atoms with E-state index in [-0.39, 0.29) is 24.4 Å². The highest BCUT2D eigenvalue weighted by molar-refractivity contribution is 7.13. The number of anilines is 1. The second kappa shape index (κ2) is 8.44. The maximum atomic E-state index is 12.2. The molecule has 2 N–H and O–H groups in total. The van der Waals surface area contributed by atoms with Crippen molar-refractivity contribution in [3.63, 3.8) is 0 Å². The van der Waals surface area contributed by atoms with Gasteiger partial charge in [0.2, 0.25) is 5.91 Å². The molecule has 0 aromatic carbocycles. The largest absolute Gasteiger partial charge is 0.346 e. The third kappa shape index (κ3) is 4.33. The van der Waals surface area contributed by atoms with Crippen LogP contribution in [0.2, 0.25) is 0 Å². The SMILES string of the molecule is CCCC(N)C(=O)N1CCCN(c2nccs2)CC1.Cl. The zero-order valence-electron chi connectivity index (χ0n) is 11.8. The van der Waals surface area contributed by atoms with Crippen LogP contribution >= 0.6 is 23.7 Å². The van der Waals surface area contributed by atoms with Crippen molar-refractivity contribution in [2.75, 3.05) is 31.1 Å². The van der Waals surface area contributed by atoms with E-state index in [0.717, 1.165) is 50.6 Å². The van der Waals surface area contributed by atoms with E-state index >= 15 is 0 Å². The van der Waals surface area contributed by atoms with Gasteiger partial charge in [-0.15, -0.1) is 23.7 Å². The summed E-state index contributed by atoms with van der Waals surface area (Å²) in [5.41, 5.74) is 5.92. The van der Waals surface area contributed by atoms with Crippen molar-refractivity contribution >= 4 is 34.8 Å². The molecule has 1 aromatic rings. The summed E-state index contributed by atoms with van der Waals surface area (Å²) < 4.78 is 0. The van der Waals surface area contributed by atoms with Crippen molar-refractivity contribution in [3.05, 3.63) is 11.6 Å². The van der Waals surface area contributed by atoms with Gasteiger partial charge >= 0.3 is 0 Å². The highest BCUT2D eigenvalue weighted by atomic mass is 35.5. The van der Waals surface area contributed by atoms with Crippen molar-refractivity contribution in [1.82, 2.24) is 9.88 Å². The number of amides is 1. The van der Waals surface area contributed by atoms with Crippen LogP contribution < -0.4 is 10.6 Å². The van der Waals surface area contributed by atoms with E-state index in [1.165, 1.54) is 0 Å². The number of aromatic nitrogens is 1. The van der Waals surface area contributed by atoms with Crippen LogP contribution in [0.4, 0.5) is 5.13 Å². The van der Waals surface area contributed by atoms with Crippen molar-refractivity contribution in [2.45, 2.75) is 32.2 Å². The van der Waals surface area contributed by atoms with Gasteiger partial charge in [-0.3, -0.25) is 4.79 Å². The molecule has 20 heavy (non-hydrogen) atoms. The van der Waals surface area contributed by atoms with Crippen LogP contribution in [0.25, 0.3) is 0 Å². The number of halogens is 1. The topological polar surface area (TPSA) is 62.5 Å². The number of hydrogen-bond donors (Lipinski definition) is 1. The number of thiazole rings is 1. The Morgan fingerprint density at radius 3 is 2.90 bits per heavy atom. The summed E-state index contributed by atoms with van der Waals surface area (Å²) >= 11 is 1.65. The van der Waals surface area contributed by atoms with Crippen LogP contribution in [0, 0.1) is 0 Å². The first-order valence-electron chi connectivity index (χ1n) is 6.91. The van der Waals surface area contributed by atoms with Crippen molar-refractivity contribution in [1.29, 1.82) is 0 Å². The Kier molecular flexibility index (Phi) is 7.26. The standard InChI is InChI=1S/C13H22N4OS.ClH/c1-2-4-11(14)12(18)16-6-3-7-17(9-8-16)13-15-5-10-19-13;/h5,10-11H,2-4,6-9,14H2,1H3;1H. The van der Waals surface area contributed by atoms with E-state index in [2.05, 4.69) is 16.8 Å². The molecule has 114 valence electrons. The molecule has 1 saturated heterocycles. The molecule has 1 amide bonds. The van der Waals surface area contributed by atoms with Gasteiger partial charge in [-0.05, 0) is 12.8 Å². The Morgan fingerprint density at radius 2 is 2.25 bits per heavy atom. The molecule has 1 aliphatic rings. The van der Waals surface area contributed by atoms with Gasteiger partial charge in [0.15, 0.2) is 5.13 Å². The van der Waals surface area contributed by atoms with Gasteiger partial charge in [0.25, 0.3) is 0 Å². The molecule has 1 unspecified atom stereocenters. The molecule has 0 saturated carbocycles. The minimum atomic E-state index is -0.337. The molecule has 5 nitrogen and oxygen atoms in total. The number of nitrogens with two attached hydrogens (primary N) is 1. The van der Waals surface area contributed by atoms with E-state index in [9.17, 15) is 4.79 Å². The third-order valence-corrected chi connectivity index (χ3v) is 4.25. The second-order valence-electron chi connectivity index (χ2n) is 4.88. The first-order chi connectivity index (χ1) is 9.22. The van der Waals surface area contributed by atoms with Crippen LogP contribution in [0.15, 0.2) is 11.6 Å². The molecule has 0 bridgehead atoms. The van der Waals surface area contributed by atoms with Crippen LogP contribution in [-0.2, 0) is 4.79 Å². The van der Waals surface area contributed by atoms with E-state index in [4.69, 9.17) is 5.73 Å². The zero-order valence-corrected chi connectivity index (χ0v) is 13.5. The summed E-state index contributed by atoms with van der Waals surface area (Å²) in [6.07, 6.45) is 4.52. The van der Waals surface area contributed by atoms with E-state index < -0.39 is 0 Å². The zero-order chi connectivity index (χ0) is 13.7. The Labute approximate surface area is 130 Å². The Morgan fingerprint density at radius 1 is 1.45 bits per heavy atom. The molecule has 2 heterocycles. The molecule has 1 aliphatic heterocycles. The monoisotopic (exact) mass is 318 g/mol. The lowest BCUT2D eigenvalue weighted by Crippen LogP contribution is -2.45.